The van der Waals surface area contributed by atoms with E-state index in [0.717, 1.165) is 0 Å². The molecule has 0 aromatic heterocycles. The second kappa shape index (κ2) is 7.22. The maximum Gasteiger partial charge on any atom is 0.108 e. The van der Waals surface area contributed by atoms with Gasteiger partial charge < -0.3 is 9.64 Å². The zero-order chi connectivity index (χ0) is 18.8. The van der Waals surface area contributed by atoms with Crippen LogP contribution in [0.3, 0.4) is 0 Å². The molecule has 0 spiro atoms. The molecule has 2 aromatic carbocycles. The van der Waals surface area contributed by atoms with Gasteiger partial charge in [0, 0.05) is 6.54 Å². The lowest BCUT2D eigenvalue weighted by molar-refractivity contribution is 0.0683. The molecule has 0 N–H and O–H groups in total. The third kappa shape index (κ3) is 3.92. The van der Waals surface area contributed by atoms with Gasteiger partial charge in [-0.1, -0.05) is 54.5 Å². The molecule has 2 nitrogen and oxygen atoms in total. The fourth-order valence-electron chi connectivity index (χ4n) is 1.82. The molecule has 0 bridgehead atoms. The smallest absolute Gasteiger partial charge is 0.108 e. The summed E-state index contributed by atoms with van der Waals surface area (Å²) in [5.74, 6) is 0. The molecule has 0 aliphatic carbocycles. The first kappa shape index (κ1) is 9.32. The molecule has 0 radical (unpaired) electrons. The molecule has 1 unspecified atom stereocenters. The lowest BCUT2D eigenvalue weighted by atomic mass is 9.97. The number of benzene rings is 2. The van der Waals surface area contributed by atoms with Gasteiger partial charge in [-0.15, -0.1) is 0 Å². The van der Waals surface area contributed by atoms with Crippen LogP contribution in [-0.4, -0.2) is 32.1 Å². The van der Waals surface area contributed by atoms with Crippen molar-refractivity contribution >= 4 is 0 Å². The first-order valence-electron chi connectivity index (χ1n) is 9.11. The summed E-state index contributed by atoms with van der Waals surface area (Å²) in [6.45, 7) is 2.46. The van der Waals surface area contributed by atoms with Crippen LogP contribution >= 0.6 is 0 Å². The summed E-state index contributed by atoms with van der Waals surface area (Å²) in [5, 5.41) is 0. The number of hydrogen-bond acceptors (Lipinski definition) is 2. The zero-order valence-corrected chi connectivity index (χ0v) is 12.2. The van der Waals surface area contributed by atoms with Crippen LogP contribution in [0.25, 0.3) is 0 Å². The lowest BCUT2D eigenvalue weighted by Crippen LogP contribution is -2.20. The standard InChI is InChI=1S/C18H23NO/c1-15-9-7-8-12-17(15)18(20-14-13-19(2)3)16-10-5-4-6-11-16/h4-12,18H,13-14H2,1-3H3/i7D,8D,9D,12D,18D. The Kier molecular flexibility index (Phi) is 3.37. The largest absolute Gasteiger partial charge is 0.367 e. The van der Waals surface area contributed by atoms with Gasteiger partial charge in [0.2, 0.25) is 0 Å². The Labute approximate surface area is 129 Å². The summed E-state index contributed by atoms with van der Waals surface area (Å²) in [6, 6.07) is 7.86. The van der Waals surface area contributed by atoms with Gasteiger partial charge in [0.05, 0.1) is 13.5 Å². The predicted molar refractivity (Wildman–Crippen MR) is 84.0 cm³/mol. The van der Waals surface area contributed by atoms with Gasteiger partial charge in [-0.05, 0) is 37.7 Å². The third-order valence-electron chi connectivity index (χ3n) is 2.92. The van der Waals surface area contributed by atoms with Gasteiger partial charge in [-0.25, -0.2) is 0 Å². The van der Waals surface area contributed by atoms with Crippen molar-refractivity contribution in [1.82, 2.24) is 4.90 Å². The Morgan fingerprint density at radius 1 is 1.20 bits per heavy atom. The van der Waals surface area contributed by atoms with Crippen molar-refractivity contribution in [2.24, 2.45) is 0 Å². The van der Waals surface area contributed by atoms with Crippen molar-refractivity contribution in [3.8, 4) is 0 Å². The molecule has 1 atom stereocenters. The third-order valence-corrected chi connectivity index (χ3v) is 2.92. The normalized spacial score (nSPS) is 17.7. The predicted octanol–water partition coefficient (Wildman–Crippen LogP) is 3.66. The number of hydrogen-bond donors (Lipinski definition) is 0. The van der Waals surface area contributed by atoms with E-state index in [9.17, 15) is 0 Å². The van der Waals surface area contributed by atoms with Crippen molar-refractivity contribution in [2.75, 3.05) is 27.2 Å². The topological polar surface area (TPSA) is 12.5 Å². The molecule has 20 heavy (non-hydrogen) atoms. The van der Waals surface area contributed by atoms with Gasteiger partial charge >= 0.3 is 0 Å². The average Bonchev–Trinajstić information content (AvgIpc) is 2.59. The fourth-order valence-corrected chi connectivity index (χ4v) is 1.82. The number of likely N-dealkylation sites (N-methyl/N-ethyl adjacent to an activating group) is 1. The lowest BCUT2D eigenvalue weighted by Gasteiger charge is -2.22. The highest BCUT2D eigenvalue weighted by molar-refractivity contribution is 5.35. The van der Waals surface area contributed by atoms with Crippen LogP contribution in [0.1, 0.15) is 29.6 Å². The van der Waals surface area contributed by atoms with Crippen LogP contribution in [0.15, 0.2) is 54.5 Å². The SMILES string of the molecule is [2H]c1c([2H])c([2H])c(C([2H])(OCCN(C)C)c2ccccc2)c(C)c1[2H]. The Bertz CT molecular complexity index is 722. The van der Waals surface area contributed by atoms with Crippen LogP contribution in [0.2, 0.25) is 0 Å². The summed E-state index contributed by atoms with van der Waals surface area (Å²) in [6.07, 6.45) is -1.71. The minimum absolute atomic E-state index is 0.139. The Morgan fingerprint density at radius 2 is 1.90 bits per heavy atom. The molecule has 106 valence electrons. The molecule has 2 rings (SSSR count). The van der Waals surface area contributed by atoms with Gasteiger partial charge in [-0.2, -0.15) is 0 Å². The molecule has 0 saturated carbocycles. The number of rotatable bonds is 6. The van der Waals surface area contributed by atoms with Crippen molar-refractivity contribution in [1.29, 1.82) is 0 Å². The van der Waals surface area contributed by atoms with E-state index in [2.05, 4.69) is 0 Å². The van der Waals surface area contributed by atoms with Crippen molar-refractivity contribution in [3.63, 3.8) is 0 Å². The highest BCUT2D eigenvalue weighted by atomic mass is 16.5. The quantitative estimate of drug-likeness (QED) is 0.797. The fraction of sp³-hybridized carbons (Fsp3) is 0.333. The molecule has 0 saturated heterocycles. The van der Waals surface area contributed by atoms with E-state index in [1.807, 2.05) is 25.1 Å². The monoisotopic (exact) mass is 274 g/mol. The van der Waals surface area contributed by atoms with E-state index >= 15 is 0 Å². The van der Waals surface area contributed by atoms with Crippen molar-refractivity contribution in [2.45, 2.75) is 13.0 Å². The summed E-state index contributed by atoms with van der Waals surface area (Å²) < 4.78 is 47.1. The summed E-state index contributed by atoms with van der Waals surface area (Å²) in [4.78, 5) is 1.93. The summed E-state index contributed by atoms with van der Waals surface area (Å²) in [7, 11) is 3.80. The first-order valence-corrected chi connectivity index (χ1v) is 6.61. The molecule has 0 aliphatic heterocycles. The average molecular weight is 274 g/mol. The summed E-state index contributed by atoms with van der Waals surface area (Å²) in [5.41, 5.74) is 1.01. The molecule has 2 aromatic rings. The van der Waals surface area contributed by atoms with Crippen LogP contribution in [0, 0.1) is 6.92 Å². The second-order valence-corrected chi connectivity index (χ2v) is 4.85. The molecule has 0 fully saturated rings. The molecule has 0 amide bonds. The van der Waals surface area contributed by atoms with Gasteiger partial charge in [-0.3, -0.25) is 0 Å². The van der Waals surface area contributed by atoms with E-state index in [0.29, 0.717) is 17.7 Å². The molecule has 0 heterocycles. The van der Waals surface area contributed by atoms with E-state index in [4.69, 9.17) is 11.6 Å². The Morgan fingerprint density at radius 3 is 2.60 bits per heavy atom. The number of nitrogens with zero attached hydrogens (tertiary/aromatic N) is 1. The van der Waals surface area contributed by atoms with Crippen molar-refractivity contribution < 1.29 is 11.6 Å². The first-order chi connectivity index (χ1) is 11.7. The van der Waals surface area contributed by atoms with E-state index in [1.165, 1.54) is 0 Å². The highest BCUT2D eigenvalue weighted by Gasteiger charge is 2.16. The van der Waals surface area contributed by atoms with Crippen LogP contribution in [0.4, 0.5) is 0 Å². The minimum Gasteiger partial charge on any atom is -0.367 e. The minimum atomic E-state index is -1.71. The van der Waals surface area contributed by atoms with E-state index in [1.54, 1.807) is 31.2 Å². The highest BCUT2D eigenvalue weighted by Crippen LogP contribution is 2.28. The van der Waals surface area contributed by atoms with Crippen LogP contribution in [-0.2, 0) is 4.74 Å². The maximum atomic E-state index is 9.00. The Balaban J connectivity index is 2.65. The molecular weight excluding hydrogens is 246 g/mol. The van der Waals surface area contributed by atoms with E-state index < -0.39 is 6.08 Å². The van der Waals surface area contributed by atoms with Crippen LogP contribution < -0.4 is 0 Å². The zero-order valence-electron chi connectivity index (χ0n) is 17.2. The Hall–Kier alpha value is -1.64. The molecule has 0 aliphatic rings. The molecule has 2 heteroatoms. The summed E-state index contributed by atoms with van der Waals surface area (Å²) >= 11 is 0. The van der Waals surface area contributed by atoms with Gasteiger partial charge in [0.1, 0.15) is 6.08 Å². The van der Waals surface area contributed by atoms with Gasteiger partial charge in [0.25, 0.3) is 0 Å². The van der Waals surface area contributed by atoms with Crippen molar-refractivity contribution in [3.05, 3.63) is 71.2 Å². The van der Waals surface area contributed by atoms with Gasteiger partial charge in [0.15, 0.2) is 0 Å². The van der Waals surface area contributed by atoms with Crippen LogP contribution in [0.5, 0.6) is 0 Å². The second-order valence-electron chi connectivity index (χ2n) is 4.85. The molecular formula is C18H23NO. The maximum absolute atomic E-state index is 9.00. The number of ether oxygens (including phenoxy) is 1. The van der Waals surface area contributed by atoms with E-state index in [-0.39, 0.29) is 36.3 Å².